The zero-order valence-electron chi connectivity index (χ0n) is 15.1. The minimum Gasteiger partial charge on any atom is -0.348 e. The first-order chi connectivity index (χ1) is 13.6. The van der Waals surface area contributed by atoms with Crippen molar-refractivity contribution in [3.63, 3.8) is 0 Å². The molecule has 0 aliphatic heterocycles. The molecule has 152 valence electrons. The van der Waals surface area contributed by atoms with Crippen LogP contribution in [0, 0.1) is 4.77 Å². The summed E-state index contributed by atoms with van der Waals surface area (Å²) in [6.45, 7) is 1.47. The molecule has 0 aliphatic carbocycles. The average molecular weight is 441 g/mol. The molecule has 2 N–H and O–H groups in total. The summed E-state index contributed by atoms with van der Waals surface area (Å²) < 4.78 is 40.5. The Hall–Kier alpha value is -2.65. The number of benzene rings is 2. The van der Waals surface area contributed by atoms with Crippen molar-refractivity contribution in [1.82, 2.24) is 20.1 Å². The molecule has 0 aliphatic rings. The second-order valence-corrected chi connectivity index (χ2v) is 7.18. The van der Waals surface area contributed by atoms with E-state index in [0.717, 1.165) is 12.1 Å². The summed E-state index contributed by atoms with van der Waals surface area (Å²) in [5.74, 6) is 0.0381. The molecule has 1 amide bonds. The van der Waals surface area contributed by atoms with Gasteiger partial charge in [0.25, 0.3) is 0 Å². The van der Waals surface area contributed by atoms with E-state index in [4.69, 9.17) is 23.8 Å². The van der Waals surface area contributed by atoms with Crippen LogP contribution in [0.4, 0.5) is 13.2 Å². The number of nitrogens with zero attached hydrogens (tertiary/aromatic N) is 2. The van der Waals surface area contributed by atoms with Crippen LogP contribution >= 0.6 is 23.8 Å². The average Bonchev–Trinajstić information content (AvgIpc) is 3.02. The number of hydrogen-bond acceptors (Lipinski definition) is 3. The Morgan fingerprint density at radius 3 is 2.62 bits per heavy atom. The molecule has 5 nitrogen and oxygen atoms in total. The van der Waals surface area contributed by atoms with Crippen LogP contribution in [-0.4, -0.2) is 20.7 Å². The maximum absolute atomic E-state index is 12.9. The summed E-state index contributed by atoms with van der Waals surface area (Å²) in [7, 11) is 0. The van der Waals surface area contributed by atoms with E-state index in [1.165, 1.54) is 16.7 Å². The number of rotatable bonds is 5. The Morgan fingerprint density at radius 1 is 1.28 bits per heavy atom. The quantitative estimate of drug-likeness (QED) is 0.539. The number of alkyl halides is 3. The first-order valence-corrected chi connectivity index (χ1v) is 9.31. The number of amides is 1. The fraction of sp³-hybridized carbons (Fsp3) is 0.211. The van der Waals surface area contributed by atoms with Crippen LogP contribution in [0.3, 0.4) is 0 Å². The van der Waals surface area contributed by atoms with E-state index in [0.29, 0.717) is 22.0 Å². The van der Waals surface area contributed by atoms with Crippen molar-refractivity contribution < 1.29 is 18.0 Å². The van der Waals surface area contributed by atoms with E-state index in [2.05, 4.69) is 15.5 Å². The number of carbonyl (C=O) groups excluding carboxylic acids is 1. The van der Waals surface area contributed by atoms with Crippen molar-refractivity contribution >= 4 is 29.7 Å². The number of H-pyrrole nitrogens is 1. The second kappa shape index (κ2) is 8.38. The maximum Gasteiger partial charge on any atom is 0.416 e. The predicted molar refractivity (Wildman–Crippen MR) is 106 cm³/mol. The Balaban J connectivity index is 1.76. The largest absolute Gasteiger partial charge is 0.416 e. The van der Waals surface area contributed by atoms with Gasteiger partial charge in [-0.15, -0.1) is 0 Å². The van der Waals surface area contributed by atoms with E-state index < -0.39 is 23.7 Å². The van der Waals surface area contributed by atoms with E-state index in [9.17, 15) is 18.0 Å². The van der Waals surface area contributed by atoms with Crippen molar-refractivity contribution in [3.05, 3.63) is 69.5 Å². The van der Waals surface area contributed by atoms with Crippen LogP contribution in [0.5, 0.6) is 0 Å². The number of nitrogens with one attached hydrogen (secondary N) is 2. The van der Waals surface area contributed by atoms with Crippen LogP contribution in [0.15, 0.2) is 48.5 Å². The van der Waals surface area contributed by atoms with Crippen molar-refractivity contribution in [2.75, 3.05) is 0 Å². The van der Waals surface area contributed by atoms with Crippen molar-refractivity contribution in [3.8, 4) is 11.4 Å². The number of halogens is 4. The lowest BCUT2D eigenvalue weighted by molar-refractivity contribution is -0.137. The molecule has 2 aromatic carbocycles. The molecule has 1 aromatic heterocycles. The van der Waals surface area contributed by atoms with Gasteiger partial charge in [0.2, 0.25) is 5.91 Å². The Bertz CT molecular complexity index is 1080. The first-order valence-electron chi connectivity index (χ1n) is 8.53. The maximum atomic E-state index is 12.9. The van der Waals surface area contributed by atoms with Gasteiger partial charge in [-0.1, -0.05) is 23.7 Å². The van der Waals surface area contributed by atoms with Gasteiger partial charge in [-0.05, 0) is 61.1 Å². The summed E-state index contributed by atoms with van der Waals surface area (Å²) in [6, 6.07) is 11.1. The van der Waals surface area contributed by atoms with Crippen LogP contribution in [0.25, 0.3) is 11.4 Å². The van der Waals surface area contributed by atoms with E-state index >= 15 is 0 Å². The van der Waals surface area contributed by atoms with Gasteiger partial charge in [-0.2, -0.15) is 18.3 Å². The Labute approximate surface area is 174 Å². The van der Waals surface area contributed by atoms with Gasteiger partial charge in [0.15, 0.2) is 10.6 Å². The second-order valence-electron chi connectivity index (χ2n) is 6.36. The summed E-state index contributed by atoms with van der Waals surface area (Å²) in [4.78, 5) is 12.5. The number of aromatic amines is 1. The molecule has 3 aromatic rings. The van der Waals surface area contributed by atoms with Gasteiger partial charge < -0.3 is 5.32 Å². The highest BCUT2D eigenvalue weighted by Gasteiger charge is 2.30. The fourth-order valence-corrected chi connectivity index (χ4v) is 3.10. The third kappa shape index (κ3) is 5.04. The summed E-state index contributed by atoms with van der Waals surface area (Å²) >= 11 is 11.1. The monoisotopic (exact) mass is 440 g/mol. The molecule has 0 radical (unpaired) electrons. The van der Waals surface area contributed by atoms with Crippen molar-refractivity contribution in [2.24, 2.45) is 0 Å². The van der Waals surface area contributed by atoms with Gasteiger partial charge in [0.05, 0.1) is 11.6 Å². The van der Waals surface area contributed by atoms with Gasteiger partial charge in [-0.25, -0.2) is 0 Å². The van der Waals surface area contributed by atoms with Crippen LogP contribution < -0.4 is 5.32 Å². The Kier molecular flexibility index (Phi) is 6.09. The highest BCUT2D eigenvalue weighted by atomic mass is 35.5. The number of hydrogen-bond donors (Lipinski definition) is 2. The molecule has 3 rings (SSSR count). The highest BCUT2D eigenvalue weighted by molar-refractivity contribution is 7.71. The zero-order valence-corrected chi connectivity index (χ0v) is 16.7. The van der Waals surface area contributed by atoms with Crippen LogP contribution in [0.1, 0.15) is 24.1 Å². The van der Waals surface area contributed by atoms with Crippen LogP contribution in [-0.2, 0) is 17.5 Å². The molecule has 0 fully saturated rings. The molecule has 1 atom stereocenters. The summed E-state index contributed by atoms with van der Waals surface area (Å²) in [6.07, 6.45) is -4.45. The highest BCUT2D eigenvalue weighted by Crippen LogP contribution is 2.30. The van der Waals surface area contributed by atoms with E-state index in [1.54, 1.807) is 31.2 Å². The first kappa shape index (κ1) is 21.1. The summed E-state index contributed by atoms with van der Waals surface area (Å²) in [5.41, 5.74) is 0.292. The molecule has 1 heterocycles. The normalized spacial score (nSPS) is 12.6. The molecule has 29 heavy (non-hydrogen) atoms. The van der Waals surface area contributed by atoms with Gasteiger partial charge in [-0.3, -0.25) is 14.5 Å². The Morgan fingerprint density at radius 2 is 1.97 bits per heavy atom. The smallest absolute Gasteiger partial charge is 0.348 e. The predicted octanol–water partition coefficient (Wildman–Crippen LogP) is 5.16. The molecular formula is C19H16ClF3N4OS. The van der Waals surface area contributed by atoms with E-state index in [-0.39, 0.29) is 11.3 Å². The lowest BCUT2D eigenvalue weighted by atomic mass is 10.0. The lowest BCUT2D eigenvalue weighted by Gasteiger charge is -2.17. The SMILES string of the molecule is CC(NC(=O)Cn1c(-c2ccc(Cl)cc2)n[nH]c1=S)c1cccc(C(F)(F)F)c1. The van der Waals surface area contributed by atoms with Gasteiger partial charge in [0, 0.05) is 10.6 Å². The standard InChI is InChI=1S/C19H16ClF3N4OS/c1-11(13-3-2-4-14(9-13)19(21,22)23)24-16(28)10-27-17(25-26-18(27)29)12-5-7-15(20)8-6-12/h2-9,11H,10H2,1H3,(H,24,28)(H,26,29). The van der Waals surface area contributed by atoms with Gasteiger partial charge in [0.1, 0.15) is 6.54 Å². The lowest BCUT2D eigenvalue weighted by Crippen LogP contribution is -2.30. The molecule has 0 saturated carbocycles. The minimum absolute atomic E-state index is 0.142. The zero-order chi connectivity index (χ0) is 21.2. The third-order valence-corrected chi connectivity index (χ3v) is 4.82. The molecule has 10 heteroatoms. The number of aromatic nitrogens is 3. The molecular weight excluding hydrogens is 425 g/mol. The molecule has 0 spiro atoms. The fourth-order valence-electron chi connectivity index (χ4n) is 2.78. The topological polar surface area (TPSA) is 62.7 Å². The molecule has 1 unspecified atom stereocenters. The molecule has 0 bridgehead atoms. The van der Waals surface area contributed by atoms with Crippen molar-refractivity contribution in [1.29, 1.82) is 0 Å². The third-order valence-electron chi connectivity index (χ3n) is 4.25. The van der Waals surface area contributed by atoms with Crippen molar-refractivity contribution in [2.45, 2.75) is 25.7 Å². The minimum atomic E-state index is -4.45. The van der Waals surface area contributed by atoms with Crippen LogP contribution in [0.2, 0.25) is 5.02 Å². The molecule has 0 saturated heterocycles. The summed E-state index contributed by atoms with van der Waals surface area (Å²) in [5, 5.41) is 10.0. The van der Waals surface area contributed by atoms with E-state index in [1.807, 2.05) is 0 Å². The van der Waals surface area contributed by atoms with Gasteiger partial charge >= 0.3 is 6.18 Å². The number of carbonyl (C=O) groups is 1.